The Kier molecular flexibility index (Phi) is 5.34. The Morgan fingerprint density at radius 1 is 1.14 bits per heavy atom. The molecule has 1 aromatic carbocycles. The quantitative estimate of drug-likeness (QED) is 0.856. The molecule has 3 N–H and O–H groups in total. The molecule has 2 rings (SSSR count). The SMILES string of the molecule is CCNC(Cc1ccc(C)c(C)c1)Cc1cccnc1N. The highest BCUT2D eigenvalue weighted by Gasteiger charge is 2.12. The zero-order chi connectivity index (χ0) is 15.2. The van der Waals surface area contributed by atoms with E-state index in [1.165, 1.54) is 16.7 Å². The van der Waals surface area contributed by atoms with Gasteiger partial charge in [-0.3, -0.25) is 0 Å². The van der Waals surface area contributed by atoms with Crippen LogP contribution in [-0.4, -0.2) is 17.6 Å². The maximum absolute atomic E-state index is 5.96. The highest BCUT2D eigenvalue weighted by atomic mass is 14.9. The van der Waals surface area contributed by atoms with Gasteiger partial charge in [-0.15, -0.1) is 0 Å². The molecule has 0 spiro atoms. The summed E-state index contributed by atoms with van der Waals surface area (Å²) in [6, 6.07) is 11.1. The van der Waals surface area contributed by atoms with E-state index in [0.29, 0.717) is 11.9 Å². The number of aromatic nitrogens is 1. The van der Waals surface area contributed by atoms with E-state index in [2.05, 4.69) is 55.3 Å². The Morgan fingerprint density at radius 2 is 1.95 bits per heavy atom. The van der Waals surface area contributed by atoms with E-state index in [4.69, 9.17) is 5.73 Å². The summed E-state index contributed by atoms with van der Waals surface area (Å²) in [7, 11) is 0. The minimum absolute atomic E-state index is 0.378. The van der Waals surface area contributed by atoms with Crippen LogP contribution in [0.4, 0.5) is 5.82 Å². The monoisotopic (exact) mass is 283 g/mol. The van der Waals surface area contributed by atoms with Crippen LogP contribution in [0.25, 0.3) is 0 Å². The first-order valence-electron chi connectivity index (χ1n) is 7.59. The van der Waals surface area contributed by atoms with Crippen molar-refractivity contribution in [3.8, 4) is 0 Å². The van der Waals surface area contributed by atoms with E-state index in [1.54, 1.807) is 6.20 Å². The van der Waals surface area contributed by atoms with Crippen LogP contribution >= 0.6 is 0 Å². The van der Waals surface area contributed by atoms with Gasteiger partial charge in [-0.2, -0.15) is 0 Å². The minimum atomic E-state index is 0.378. The number of rotatable bonds is 6. The number of hydrogen-bond acceptors (Lipinski definition) is 3. The van der Waals surface area contributed by atoms with Gasteiger partial charge in [0.05, 0.1) is 0 Å². The van der Waals surface area contributed by atoms with Crippen molar-refractivity contribution in [1.29, 1.82) is 0 Å². The largest absolute Gasteiger partial charge is 0.383 e. The van der Waals surface area contributed by atoms with Gasteiger partial charge in [-0.25, -0.2) is 4.98 Å². The average molecular weight is 283 g/mol. The summed E-state index contributed by atoms with van der Waals surface area (Å²) in [5.74, 6) is 0.639. The van der Waals surface area contributed by atoms with Gasteiger partial charge < -0.3 is 11.1 Å². The Balaban J connectivity index is 2.11. The van der Waals surface area contributed by atoms with Crippen molar-refractivity contribution in [2.24, 2.45) is 0 Å². The van der Waals surface area contributed by atoms with Gasteiger partial charge in [0.15, 0.2) is 0 Å². The normalized spacial score (nSPS) is 12.3. The third-order valence-corrected chi connectivity index (χ3v) is 3.94. The second-order valence-corrected chi connectivity index (χ2v) is 5.63. The lowest BCUT2D eigenvalue weighted by molar-refractivity contribution is 0.521. The second-order valence-electron chi connectivity index (χ2n) is 5.63. The predicted octanol–water partition coefficient (Wildman–Crippen LogP) is 3.04. The van der Waals surface area contributed by atoms with Crippen LogP contribution < -0.4 is 11.1 Å². The van der Waals surface area contributed by atoms with Gasteiger partial charge in [0.2, 0.25) is 0 Å². The third-order valence-electron chi connectivity index (χ3n) is 3.94. The van der Waals surface area contributed by atoms with E-state index in [-0.39, 0.29) is 0 Å². The van der Waals surface area contributed by atoms with Gasteiger partial charge in [0.25, 0.3) is 0 Å². The molecule has 0 fully saturated rings. The van der Waals surface area contributed by atoms with Crippen LogP contribution in [0.3, 0.4) is 0 Å². The molecule has 0 saturated carbocycles. The highest BCUT2D eigenvalue weighted by Crippen LogP contribution is 2.15. The summed E-state index contributed by atoms with van der Waals surface area (Å²) < 4.78 is 0. The molecule has 0 amide bonds. The number of nitrogens with zero attached hydrogens (tertiary/aromatic N) is 1. The number of pyridine rings is 1. The second kappa shape index (κ2) is 7.23. The molecule has 1 heterocycles. The molecule has 112 valence electrons. The molecule has 3 heteroatoms. The summed E-state index contributed by atoms with van der Waals surface area (Å²) in [5, 5.41) is 3.56. The summed E-state index contributed by atoms with van der Waals surface area (Å²) in [5.41, 5.74) is 11.1. The maximum Gasteiger partial charge on any atom is 0.126 e. The Morgan fingerprint density at radius 3 is 2.62 bits per heavy atom. The number of nitrogens with one attached hydrogen (secondary N) is 1. The molecule has 0 saturated heterocycles. The molecular weight excluding hydrogens is 258 g/mol. The maximum atomic E-state index is 5.96. The molecule has 1 aromatic heterocycles. The smallest absolute Gasteiger partial charge is 0.126 e. The first kappa shape index (κ1) is 15.5. The van der Waals surface area contributed by atoms with E-state index in [1.807, 2.05) is 6.07 Å². The van der Waals surface area contributed by atoms with Crippen LogP contribution in [0.15, 0.2) is 36.5 Å². The summed E-state index contributed by atoms with van der Waals surface area (Å²) >= 11 is 0. The van der Waals surface area contributed by atoms with Crippen LogP contribution in [0, 0.1) is 13.8 Å². The number of aryl methyl sites for hydroxylation is 2. The van der Waals surface area contributed by atoms with Crippen LogP contribution in [-0.2, 0) is 12.8 Å². The lowest BCUT2D eigenvalue weighted by atomic mass is 9.97. The third kappa shape index (κ3) is 4.30. The Hall–Kier alpha value is -1.87. The zero-order valence-corrected chi connectivity index (χ0v) is 13.2. The lowest BCUT2D eigenvalue weighted by Gasteiger charge is -2.19. The molecule has 0 radical (unpaired) electrons. The molecular formula is C18H25N3. The van der Waals surface area contributed by atoms with Gasteiger partial charge in [-0.05, 0) is 61.6 Å². The van der Waals surface area contributed by atoms with E-state index < -0.39 is 0 Å². The van der Waals surface area contributed by atoms with Gasteiger partial charge in [0, 0.05) is 12.2 Å². The van der Waals surface area contributed by atoms with Gasteiger partial charge in [0.1, 0.15) is 5.82 Å². The number of nitrogen functional groups attached to an aromatic ring is 1. The van der Waals surface area contributed by atoms with Crippen molar-refractivity contribution in [1.82, 2.24) is 10.3 Å². The first-order valence-corrected chi connectivity index (χ1v) is 7.59. The summed E-state index contributed by atoms with van der Waals surface area (Å²) in [4.78, 5) is 4.18. The Labute approximate surface area is 127 Å². The lowest BCUT2D eigenvalue weighted by Crippen LogP contribution is -2.33. The van der Waals surface area contributed by atoms with Crippen molar-refractivity contribution in [2.45, 2.75) is 39.7 Å². The molecule has 0 aliphatic carbocycles. The van der Waals surface area contributed by atoms with E-state index in [9.17, 15) is 0 Å². The van der Waals surface area contributed by atoms with Gasteiger partial charge in [-0.1, -0.05) is 31.2 Å². The van der Waals surface area contributed by atoms with E-state index in [0.717, 1.165) is 24.9 Å². The summed E-state index contributed by atoms with van der Waals surface area (Å²) in [6.45, 7) is 7.41. The minimum Gasteiger partial charge on any atom is -0.383 e. The molecule has 2 aromatic rings. The zero-order valence-electron chi connectivity index (χ0n) is 13.2. The molecule has 3 nitrogen and oxygen atoms in total. The van der Waals surface area contributed by atoms with Crippen molar-refractivity contribution >= 4 is 5.82 Å². The number of anilines is 1. The number of hydrogen-bond donors (Lipinski definition) is 2. The number of nitrogens with two attached hydrogens (primary N) is 1. The van der Waals surface area contributed by atoms with Crippen LogP contribution in [0.5, 0.6) is 0 Å². The van der Waals surface area contributed by atoms with Gasteiger partial charge >= 0.3 is 0 Å². The molecule has 1 atom stereocenters. The highest BCUT2D eigenvalue weighted by molar-refractivity contribution is 5.39. The topological polar surface area (TPSA) is 50.9 Å². The predicted molar refractivity (Wildman–Crippen MR) is 89.4 cm³/mol. The molecule has 0 aliphatic rings. The fourth-order valence-electron chi connectivity index (χ4n) is 2.61. The first-order chi connectivity index (χ1) is 10.1. The summed E-state index contributed by atoms with van der Waals surface area (Å²) in [6.07, 6.45) is 3.65. The number of benzene rings is 1. The van der Waals surface area contributed by atoms with Crippen LogP contribution in [0.1, 0.15) is 29.2 Å². The molecule has 0 bridgehead atoms. The average Bonchev–Trinajstić information content (AvgIpc) is 2.46. The molecule has 21 heavy (non-hydrogen) atoms. The van der Waals surface area contributed by atoms with Crippen molar-refractivity contribution < 1.29 is 0 Å². The van der Waals surface area contributed by atoms with Crippen molar-refractivity contribution in [3.05, 3.63) is 58.8 Å². The number of likely N-dealkylation sites (N-methyl/N-ethyl adjacent to an activating group) is 1. The molecule has 1 unspecified atom stereocenters. The van der Waals surface area contributed by atoms with Crippen molar-refractivity contribution in [3.63, 3.8) is 0 Å². The van der Waals surface area contributed by atoms with Crippen LogP contribution in [0.2, 0.25) is 0 Å². The molecule has 0 aliphatic heterocycles. The van der Waals surface area contributed by atoms with E-state index >= 15 is 0 Å². The van der Waals surface area contributed by atoms with Crippen molar-refractivity contribution in [2.75, 3.05) is 12.3 Å². The fourth-order valence-corrected chi connectivity index (χ4v) is 2.61. The fraction of sp³-hybridized carbons (Fsp3) is 0.389. The standard InChI is InChI=1S/C18H25N3/c1-4-20-17(12-16-6-5-9-21-18(16)19)11-15-8-7-13(2)14(3)10-15/h5-10,17,20H,4,11-12H2,1-3H3,(H2,19,21). The Bertz CT molecular complexity index is 593.